The van der Waals surface area contributed by atoms with E-state index in [9.17, 15) is 4.91 Å². The molecule has 0 bridgehead atoms. The number of nitrogens with zero attached hydrogens (tertiary/aromatic N) is 3. The van der Waals surface area contributed by atoms with Crippen LogP contribution in [0.4, 0.5) is 0 Å². The molecule has 0 atom stereocenters. The summed E-state index contributed by atoms with van der Waals surface area (Å²) >= 11 is 0. The van der Waals surface area contributed by atoms with Crippen molar-refractivity contribution in [1.82, 2.24) is 4.90 Å². The first-order valence-electron chi connectivity index (χ1n) is 3.84. The third-order valence-corrected chi connectivity index (χ3v) is 1.46. The summed E-state index contributed by atoms with van der Waals surface area (Å²) in [5, 5.41) is 19.6. The van der Waals surface area contributed by atoms with Gasteiger partial charge in [0.25, 0.3) is 0 Å². The van der Waals surface area contributed by atoms with Gasteiger partial charge < -0.3 is 5.11 Å². The van der Waals surface area contributed by atoms with E-state index in [1.807, 2.05) is 11.0 Å². The second kappa shape index (κ2) is 8.11. The summed E-state index contributed by atoms with van der Waals surface area (Å²) in [6.07, 6.45) is 0.416. The van der Waals surface area contributed by atoms with E-state index in [-0.39, 0.29) is 13.2 Å². The van der Waals surface area contributed by atoms with Gasteiger partial charge >= 0.3 is 0 Å². The zero-order valence-corrected chi connectivity index (χ0v) is 6.94. The second-order valence-corrected chi connectivity index (χ2v) is 2.33. The van der Waals surface area contributed by atoms with Gasteiger partial charge in [0, 0.05) is 26.1 Å². The van der Waals surface area contributed by atoms with E-state index < -0.39 is 0 Å². The molecule has 0 amide bonds. The number of hydrogen-bond acceptors (Lipinski definition) is 5. The van der Waals surface area contributed by atoms with Crippen LogP contribution < -0.4 is 0 Å². The Morgan fingerprint density at radius 3 is 2.67 bits per heavy atom. The first-order chi connectivity index (χ1) is 5.85. The summed E-state index contributed by atoms with van der Waals surface area (Å²) < 4.78 is 0. The predicted molar refractivity (Wildman–Crippen MR) is 44.4 cm³/mol. The minimum absolute atomic E-state index is 0.0459. The van der Waals surface area contributed by atoms with Crippen LogP contribution in [0.2, 0.25) is 0 Å². The molecular weight excluding hydrogens is 158 g/mol. The largest absolute Gasteiger partial charge is 0.395 e. The Kier molecular flexibility index (Phi) is 7.44. The second-order valence-electron chi connectivity index (χ2n) is 2.33. The minimum atomic E-state index is 0.0459. The molecule has 0 aromatic heterocycles. The molecule has 0 aliphatic carbocycles. The Balaban J connectivity index is 3.54. The molecule has 0 saturated heterocycles. The third-order valence-electron chi connectivity index (χ3n) is 1.46. The molecule has 0 aliphatic rings. The van der Waals surface area contributed by atoms with Gasteiger partial charge in [-0.1, -0.05) is 5.18 Å². The van der Waals surface area contributed by atoms with Crippen molar-refractivity contribution in [2.75, 3.05) is 32.8 Å². The summed E-state index contributed by atoms with van der Waals surface area (Å²) in [5.41, 5.74) is 0. The van der Waals surface area contributed by atoms with Crippen molar-refractivity contribution in [2.45, 2.75) is 6.42 Å². The molecule has 1 N–H and O–H groups in total. The zero-order chi connectivity index (χ0) is 9.23. The number of nitriles is 1. The maximum Gasteiger partial charge on any atom is 0.0938 e. The molecule has 0 rings (SSSR count). The van der Waals surface area contributed by atoms with Gasteiger partial charge in [0.2, 0.25) is 0 Å². The lowest BCUT2D eigenvalue weighted by atomic mass is 10.4. The van der Waals surface area contributed by atoms with Gasteiger partial charge in [-0.25, -0.2) is 0 Å². The van der Waals surface area contributed by atoms with Gasteiger partial charge in [0.05, 0.1) is 19.2 Å². The lowest BCUT2D eigenvalue weighted by Crippen LogP contribution is -2.30. The average molecular weight is 171 g/mol. The molecule has 5 heteroatoms. The Labute approximate surface area is 71.6 Å². The molecule has 0 unspecified atom stereocenters. The summed E-state index contributed by atoms with van der Waals surface area (Å²) in [4.78, 5) is 11.6. The molecular formula is C7H13N3O2. The van der Waals surface area contributed by atoms with E-state index in [0.29, 0.717) is 26.1 Å². The summed E-state index contributed by atoms with van der Waals surface area (Å²) in [7, 11) is 0. The van der Waals surface area contributed by atoms with Crippen molar-refractivity contribution in [2.24, 2.45) is 5.18 Å². The van der Waals surface area contributed by atoms with Gasteiger partial charge in [-0.3, -0.25) is 4.90 Å². The van der Waals surface area contributed by atoms with Gasteiger partial charge in [-0.2, -0.15) is 10.2 Å². The monoisotopic (exact) mass is 171 g/mol. The quantitative estimate of drug-likeness (QED) is 0.545. The SMILES string of the molecule is N#CCCN(CCO)CCN=O. The molecule has 0 radical (unpaired) electrons. The van der Waals surface area contributed by atoms with Crippen molar-refractivity contribution >= 4 is 0 Å². The van der Waals surface area contributed by atoms with Gasteiger partial charge in [-0.05, 0) is 0 Å². The highest BCUT2D eigenvalue weighted by atomic mass is 16.3. The molecule has 68 valence electrons. The van der Waals surface area contributed by atoms with Gasteiger partial charge in [0.1, 0.15) is 0 Å². The Morgan fingerprint density at radius 2 is 2.17 bits per heavy atom. The fourth-order valence-corrected chi connectivity index (χ4v) is 0.867. The lowest BCUT2D eigenvalue weighted by molar-refractivity contribution is 0.202. The van der Waals surface area contributed by atoms with Crippen LogP contribution in [0.15, 0.2) is 5.18 Å². The van der Waals surface area contributed by atoms with Crippen LogP contribution in [-0.2, 0) is 0 Å². The summed E-state index contributed by atoms with van der Waals surface area (Å²) in [6.45, 7) is 1.87. The van der Waals surface area contributed by atoms with E-state index in [4.69, 9.17) is 10.4 Å². The summed E-state index contributed by atoms with van der Waals surface area (Å²) in [6, 6.07) is 2.00. The molecule has 0 aromatic rings. The van der Waals surface area contributed by atoms with Crippen LogP contribution in [0.5, 0.6) is 0 Å². The molecule has 0 heterocycles. The number of aliphatic hydroxyl groups is 1. The first-order valence-corrected chi connectivity index (χ1v) is 3.84. The van der Waals surface area contributed by atoms with E-state index in [1.54, 1.807) is 0 Å². The number of aliphatic hydroxyl groups excluding tert-OH is 1. The molecule has 0 aliphatic heterocycles. The summed E-state index contributed by atoms with van der Waals surface area (Å²) in [5.74, 6) is 0. The molecule has 0 fully saturated rings. The Morgan fingerprint density at radius 1 is 1.42 bits per heavy atom. The lowest BCUT2D eigenvalue weighted by Gasteiger charge is -2.17. The van der Waals surface area contributed by atoms with E-state index in [1.165, 1.54) is 0 Å². The molecule has 5 nitrogen and oxygen atoms in total. The van der Waals surface area contributed by atoms with E-state index >= 15 is 0 Å². The Hall–Kier alpha value is -0.990. The molecule has 12 heavy (non-hydrogen) atoms. The van der Waals surface area contributed by atoms with Gasteiger partial charge in [0.15, 0.2) is 0 Å². The number of hydrogen-bond donors (Lipinski definition) is 1. The van der Waals surface area contributed by atoms with Gasteiger partial charge in [-0.15, -0.1) is 0 Å². The first kappa shape index (κ1) is 11.0. The minimum Gasteiger partial charge on any atom is -0.395 e. The molecule has 0 saturated carbocycles. The number of nitroso groups, excluding NO2 is 1. The topological polar surface area (TPSA) is 76.7 Å². The van der Waals surface area contributed by atoms with E-state index in [2.05, 4.69) is 5.18 Å². The van der Waals surface area contributed by atoms with Crippen LogP contribution in [0.3, 0.4) is 0 Å². The van der Waals surface area contributed by atoms with Crippen LogP contribution in [0.1, 0.15) is 6.42 Å². The van der Waals surface area contributed by atoms with E-state index in [0.717, 1.165) is 0 Å². The van der Waals surface area contributed by atoms with Crippen LogP contribution in [0.25, 0.3) is 0 Å². The standard InChI is InChI=1S/C7H13N3O2/c8-2-1-4-10(6-7-11)5-3-9-12/h11H,1,3-7H2. The van der Waals surface area contributed by atoms with Crippen molar-refractivity contribution < 1.29 is 5.11 Å². The van der Waals surface area contributed by atoms with Crippen LogP contribution in [0, 0.1) is 16.2 Å². The predicted octanol–water partition coefficient (Wildman–Crippen LogP) is -0.0392. The van der Waals surface area contributed by atoms with Crippen LogP contribution >= 0.6 is 0 Å². The average Bonchev–Trinajstić information content (AvgIpc) is 2.10. The smallest absolute Gasteiger partial charge is 0.0938 e. The molecule has 0 spiro atoms. The van der Waals surface area contributed by atoms with Crippen molar-refractivity contribution in [3.63, 3.8) is 0 Å². The van der Waals surface area contributed by atoms with Crippen LogP contribution in [-0.4, -0.2) is 42.8 Å². The number of rotatable bonds is 7. The maximum absolute atomic E-state index is 9.78. The fourth-order valence-electron chi connectivity index (χ4n) is 0.867. The normalized spacial score (nSPS) is 9.75. The van der Waals surface area contributed by atoms with Crippen molar-refractivity contribution in [3.8, 4) is 6.07 Å². The maximum atomic E-state index is 9.78. The third kappa shape index (κ3) is 5.77. The van der Waals surface area contributed by atoms with Crippen molar-refractivity contribution in [1.29, 1.82) is 5.26 Å². The highest BCUT2D eigenvalue weighted by Crippen LogP contribution is 1.90. The highest BCUT2D eigenvalue weighted by Gasteiger charge is 2.02. The Bertz CT molecular complexity index is 155. The zero-order valence-electron chi connectivity index (χ0n) is 6.94. The van der Waals surface area contributed by atoms with Crippen molar-refractivity contribution in [3.05, 3.63) is 4.91 Å². The highest BCUT2D eigenvalue weighted by molar-refractivity contribution is 4.72. The fraction of sp³-hybridized carbons (Fsp3) is 0.857. The molecule has 0 aromatic carbocycles.